The van der Waals surface area contributed by atoms with Crippen molar-refractivity contribution in [1.82, 2.24) is 9.97 Å². The summed E-state index contributed by atoms with van der Waals surface area (Å²) in [4.78, 5) is 8.06. The minimum atomic E-state index is -0.117. The van der Waals surface area contributed by atoms with Crippen molar-refractivity contribution in [3.8, 4) is 5.75 Å². The van der Waals surface area contributed by atoms with E-state index in [0.717, 1.165) is 28.2 Å². The maximum Gasteiger partial charge on any atom is 0.153 e. The van der Waals surface area contributed by atoms with Gasteiger partial charge in [-0.25, -0.2) is 4.98 Å². The molecule has 1 aromatic heterocycles. The van der Waals surface area contributed by atoms with Crippen LogP contribution in [0.2, 0.25) is 0 Å². The number of aryl methyl sites for hydroxylation is 4. The van der Waals surface area contributed by atoms with Crippen LogP contribution >= 0.6 is 0 Å². The van der Waals surface area contributed by atoms with Gasteiger partial charge in [-0.1, -0.05) is 12.1 Å². The van der Waals surface area contributed by atoms with Crippen LogP contribution in [0, 0.1) is 27.7 Å². The van der Waals surface area contributed by atoms with E-state index < -0.39 is 0 Å². The van der Waals surface area contributed by atoms with Gasteiger partial charge in [0.15, 0.2) is 6.10 Å². The molecule has 0 radical (unpaired) electrons. The smallest absolute Gasteiger partial charge is 0.153 e. The van der Waals surface area contributed by atoms with E-state index in [1.165, 1.54) is 16.7 Å². The molecule has 1 heterocycles. The van der Waals surface area contributed by atoms with Crippen molar-refractivity contribution < 1.29 is 4.74 Å². The summed E-state index contributed by atoms with van der Waals surface area (Å²) in [6.07, 6.45) is -0.117. The molecule has 0 saturated heterocycles. The maximum atomic E-state index is 6.11. The van der Waals surface area contributed by atoms with Crippen LogP contribution in [0.5, 0.6) is 5.75 Å². The molecule has 0 saturated carbocycles. The van der Waals surface area contributed by atoms with Crippen LogP contribution in [0.1, 0.15) is 41.1 Å². The molecule has 3 nitrogen and oxygen atoms in total. The third-order valence-corrected chi connectivity index (χ3v) is 4.15. The first-order valence-electron chi connectivity index (χ1n) is 7.65. The van der Waals surface area contributed by atoms with Crippen LogP contribution in [0.4, 0.5) is 0 Å². The fourth-order valence-electron chi connectivity index (χ4n) is 2.56. The van der Waals surface area contributed by atoms with Crippen molar-refractivity contribution in [2.24, 2.45) is 0 Å². The summed E-state index contributed by atoms with van der Waals surface area (Å²) in [5, 5.41) is 0. The van der Waals surface area contributed by atoms with E-state index in [-0.39, 0.29) is 6.10 Å². The molecule has 0 spiro atoms. The zero-order chi connectivity index (χ0) is 15.9. The number of fused-ring (bicyclic) bond motifs is 1. The normalized spacial score (nSPS) is 12.6. The molecule has 0 amide bonds. The van der Waals surface area contributed by atoms with Crippen molar-refractivity contribution in [2.75, 3.05) is 0 Å². The maximum absolute atomic E-state index is 6.11. The van der Waals surface area contributed by atoms with Gasteiger partial charge in [0.2, 0.25) is 0 Å². The molecular weight excluding hydrogens is 272 g/mol. The highest BCUT2D eigenvalue weighted by atomic mass is 16.5. The number of nitrogens with zero attached hydrogens (tertiary/aromatic N) is 1. The largest absolute Gasteiger partial charge is 0.483 e. The van der Waals surface area contributed by atoms with E-state index in [1.807, 2.05) is 6.92 Å². The second kappa shape index (κ2) is 5.48. The van der Waals surface area contributed by atoms with Gasteiger partial charge < -0.3 is 9.72 Å². The van der Waals surface area contributed by atoms with E-state index in [9.17, 15) is 0 Å². The number of aromatic amines is 1. The predicted octanol–water partition coefficient (Wildman–Crippen LogP) is 4.94. The average Bonchev–Trinajstić information content (AvgIpc) is 2.86. The summed E-state index contributed by atoms with van der Waals surface area (Å²) in [6.45, 7) is 10.4. The number of imidazole rings is 1. The summed E-state index contributed by atoms with van der Waals surface area (Å²) >= 11 is 0. The molecule has 2 aromatic carbocycles. The lowest BCUT2D eigenvalue weighted by Crippen LogP contribution is -2.06. The monoisotopic (exact) mass is 294 g/mol. The first-order valence-corrected chi connectivity index (χ1v) is 7.65. The minimum absolute atomic E-state index is 0.117. The van der Waals surface area contributed by atoms with Gasteiger partial charge in [-0.3, -0.25) is 0 Å². The van der Waals surface area contributed by atoms with Gasteiger partial charge in [0.25, 0.3) is 0 Å². The van der Waals surface area contributed by atoms with Crippen LogP contribution in [0.3, 0.4) is 0 Å². The molecule has 0 fully saturated rings. The lowest BCUT2D eigenvalue weighted by atomic mass is 10.1. The third-order valence-electron chi connectivity index (χ3n) is 4.15. The zero-order valence-electron chi connectivity index (χ0n) is 13.8. The molecule has 1 atom stereocenters. The molecule has 0 bridgehead atoms. The Morgan fingerprint density at radius 1 is 0.955 bits per heavy atom. The molecule has 0 aliphatic rings. The van der Waals surface area contributed by atoms with E-state index in [1.54, 1.807) is 0 Å². The quantitative estimate of drug-likeness (QED) is 0.743. The fraction of sp³-hybridized carbons (Fsp3) is 0.316. The van der Waals surface area contributed by atoms with E-state index in [4.69, 9.17) is 4.74 Å². The topological polar surface area (TPSA) is 37.9 Å². The summed E-state index contributed by atoms with van der Waals surface area (Å²) in [5.41, 5.74) is 6.92. The fourth-order valence-corrected chi connectivity index (χ4v) is 2.56. The Hall–Kier alpha value is -2.29. The summed E-state index contributed by atoms with van der Waals surface area (Å²) in [5.74, 6) is 1.78. The first kappa shape index (κ1) is 14.6. The third kappa shape index (κ3) is 2.71. The number of rotatable bonds is 3. The van der Waals surface area contributed by atoms with Crippen LogP contribution in [-0.2, 0) is 0 Å². The Bertz CT molecular complexity index is 794. The molecule has 22 heavy (non-hydrogen) atoms. The number of H-pyrrole nitrogens is 1. The van der Waals surface area contributed by atoms with Gasteiger partial charge in [0.1, 0.15) is 11.6 Å². The SMILES string of the molecule is Cc1ccc(C)c(O[C@H](C)c2nc3cc(C)c(C)cc3[nH]2)c1. The molecule has 114 valence electrons. The molecular formula is C19H22N2O. The Kier molecular flexibility index (Phi) is 3.65. The second-order valence-electron chi connectivity index (χ2n) is 6.10. The highest BCUT2D eigenvalue weighted by molar-refractivity contribution is 5.77. The van der Waals surface area contributed by atoms with Crippen molar-refractivity contribution in [3.63, 3.8) is 0 Å². The first-order chi connectivity index (χ1) is 10.4. The molecule has 3 heteroatoms. The lowest BCUT2D eigenvalue weighted by Gasteiger charge is -2.15. The summed E-state index contributed by atoms with van der Waals surface area (Å²) < 4.78 is 6.11. The molecule has 1 N–H and O–H groups in total. The van der Waals surface area contributed by atoms with Crippen molar-refractivity contribution in [1.29, 1.82) is 0 Å². The zero-order valence-corrected chi connectivity index (χ0v) is 13.8. The number of aromatic nitrogens is 2. The number of hydrogen-bond acceptors (Lipinski definition) is 2. The van der Waals surface area contributed by atoms with Gasteiger partial charge in [0, 0.05) is 0 Å². The van der Waals surface area contributed by atoms with Gasteiger partial charge in [-0.15, -0.1) is 0 Å². The Balaban J connectivity index is 1.91. The standard InChI is InChI=1S/C19H22N2O/c1-11-6-7-12(2)18(8-11)22-15(5)19-20-16-9-13(3)14(4)10-17(16)21-19/h6-10,15H,1-5H3,(H,20,21)/t15-/m1/s1. The molecule has 3 aromatic rings. The highest BCUT2D eigenvalue weighted by Crippen LogP contribution is 2.26. The lowest BCUT2D eigenvalue weighted by molar-refractivity contribution is 0.216. The number of ether oxygens (including phenoxy) is 1. The Morgan fingerprint density at radius 2 is 1.68 bits per heavy atom. The predicted molar refractivity (Wildman–Crippen MR) is 90.5 cm³/mol. The van der Waals surface area contributed by atoms with E-state index >= 15 is 0 Å². The summed E-state index contributed by atoms with van der Waals surface area (Å²) in [7, 11) is 0. The van der Waals surface area contributed by atoms with Crippen molar-refractivity contribution in [3.05, 3.63) is 58.4 Å². The Morgan fingerprint density at radius 3 is 2.45 bits per heavy atom. The number of benzene rings is 2. The molecule has 0 unspecified atom stereocenters. The van der Waals surface area contributed by atoms with E-state index in [2.05, 4.69) is 68.0 Å². The van der Waals surface area contributed by atoms with E-state index in [0.29, 0.717) is 0 Å². The second-order valence-corrected chi connectivity index (χ2v) is 6.10. The van der Waals surface area contributed by atoms with Crippen LogP contribution in [0.25, 0.3) is 11.0 Å². The van der Waals surface area contributed by atoms with Gasteiger partial charge in [-0.05, 0) is 75.1 Å². The van der Waals surface area contributed by atoms with Gasteiger partial charge in [0.05, 0.1) is 11.0 Å². The van der Waals surface area contributed by atoms with Crippen LogP contribution < -0.4 is 4.74 Å². The minimum Gasteiger partial charge on any atom is -0.483 e. The highest BCUT2D eigenvalue weighted by Gasteiger charge is 2.14. The van der Waals surface area contributed by atoms with Crippen molar-refractivity contribution in [2.45, 2.75) is 40.7 Å². The molecule has 0 aliphatic heterocycles. The summed E-state index contributed by atoms with van der Waals surface area (Å²) in [6, 6.07) is 10.5. The van der Waals surface area contributed by atoms with Crippen molar-refractivity contribution >= 4 is 11.0 Å². The van der Waals surface area contributed by atoms with Crippen LogP contribution in [-0.4, -0.2) is 9.97 Å². The number of hydrogen-bond donors (Lipinski definition) is 1. The Labute approximate surface area is 131 Å². The average molecular weight is 294 g/mol. The van der Waals surface area contributed by atoms with Gasteiger partial charge >= 0.3 is 0 Å². The molecule has 0 aliphatic carbocycles. The van der Waals surface area contributed by atoms with Crippen LogP contribution in [0.15, 0.2) is 30.3 Å². The molecule has 3 rings (SSSR count). The number of nitrogens with one attached hydrogen (secondary N) is 1. The van der Waals surface area contributed by atoms with Gasteiger partial charge in [-0.2, -0.15) is 0 Å².